The summed E-state index contributed by atoms with van der Waals surface area (Å²) in [6.45, 7) is 6.21. The van der Waals surface area contributed by atoms with Crippen molar-refractivity contribution in [3.05, 3.63) is 29.8 Å². The zero-order valence-electron chi connectivity index (χ0n) is 11.3. The van der Waals surface area contributed by atoms with Gasteiger partial charge in [0, 0.05) is 31.5 Å². The first-order chi connectivity index (χ1) is 8.79. The summed E-state index contributed by atoms with van der Waals surface area (Å²) < 4.78 is 5.45. The Bertz CT molecular complexity index is 361. The van der Waals surface area contributed by atoms with Gasteiger partial charge in [-0.05, 0) is 43.5 Å². The lowest BCUT2D eigenvalue weighted by Gasteiger charge is -2.34. The van der Waals surface area contributed by atoms with Crippen LogP contribution in [-0.2, 0) is 11.3 Å². The van der Waals surface area contributed by atoms with E-state index in [0.29, 0.717) is 6.04 Å². The summed E-state index contributed by atoms with van der Waals surface area (Å²) in [4.78, 5) is 2.58. The van der Waals surface area contributed by atoms with Crippen LogP contribution < -0.4 is 5.73 Å². The molecule has 0 atom stereocenters. The maximum Gasteiger partial charge on any atom is 0.0480 e. The van der Waals surface area contributed by atoms with Crippen molar-refractivity contribution in [1.29, 1.82) is 0 Å². The topological polar surface area (TPSA) is 38.5 Å². The second-order valence-corrected chi connectivity index (χ2v) is 5.06. The SMILES string of the molecule is CCCN(Cc1cccc(N)c1)C1CCOCC1. The zero-order chi connectivity index (χ0) is 12.8. The van der Waals surface area contributed by atoms with Crippen molar-refractivity contribution in [3.8, 4) is 0 Å². The Balaban J connectivity index is 2.00. The van der Waals surface area contributed by atoms with E-state index in [1.54, 1.807) is 0 Å². The van der Waals surface area contributed by atoms with Gasteiger partial charge in [0.2, 0.25) is 0 Å². The summed E-state index contributed by atoms with van der Waals surface area (Å²) in [6, 6.07) is 8.90. The molecule has 1 aliphatic heterocycles. The van der Waals surface area contributed by atoms with Gasteiger partial charge in [-0.25, -0.2) is 0 Å². The summed E-state index contributed by atoms with van der Waals surface area (Å²) in [5.74, 6) is 0. The van der Waals surface area contributed by atoms with Gasteiger partial charge in [0.15, 0.2) is 0 Å². The number of hydrogen-bond donors (Lipinski definition) is 1. The molecule has 1 fully saturated rings. The van der Waals surface area contributed by atoms with Crippen LogP contribution in [0.5, 0.6) is 0 Å². The molecule has 0 spiro atoms. The molecule has 100 valence electrons. The van der Waals surface area contributed by atoms with Crippen LogP contribution >= 0.6 is 0 Å². The fourth-order valence-corrected chi connectivity index (χ4v) is 2.65. The van der Waals surface area contributed by atoms with Crippen molar-refractivity contribution in [2.75, 3.05) is 25.5 Å². The molecule has 3 heteroatoms. The first-order valence-electron chi connectivity index (χ1n) is 6.96. The van der Waals surface area contributed by atoms with Crippen molar-refractivity contribution < 1.29 is 4.74 Å². The number of ether oxygens (including phenoxy) is 1. The van der Waals surface area contributed by atoms with Gasteiger partial charge in [-0.2, -0.15) is 0 Å². The van der Waals surface area contributed by atoms with Gasteiger partial charge in [-0.1, -0.05) is 19.1 Å². The summed E-state index contributed by atoms with van der Waals surface area (Å²) in [7, 11) is 0. The molecule has 0 aliphatic carbocycles. The van der Waals surface area contributed by atoms with Gasteiger partial charge in [0.25, 0.3) is 0 Å². The Kier molecular flexibility index (Phi) is 5.02. The molecule has 2 rings (SSSR count). The molecule has 0 unspecified atom stereocenters. The van der Waals surface area contributed by atoms with Crippen LogP contribution in [0.3, 0.4) is 0 Å². The minimum Gasteiger partial charge on any atom is -0.399 e. The van der Waals surface area contributed by atoms with E-state index in [1.165, 1.54) is 12.0 Å². The Labute approximate surface area is 110 Å². The molecule has 18 heavy (non-hydrogen) atoms. The molecule has 1 aromatic carbocycles. The van der Waals surface area contributed by atoms with Crippen molar-refractivity contribution in [3.63, 3.8) is 0 Å². The highest BCUT2D eigenvalue weighted by Gasteiger charge is 2.20. The van der Waals surface area contributed by atoms with Crippen LogP contribution in [0.25, 0.3) is 0 Å². The molecule has 1 saturated heterocycles. The first kappa shape index (κ1) is 13.4. The standard InChI is InChI=1S/C15H24N2O/c1-2-8-17(15-6-9-18-10-7-15)12-13-4-3-5-14(16)11-13/h3-5,11,15H,2,6-10,12,16H2,1H3. The second-order valence-electron chi connectivity index (χ2n) is 5.06. The van der Waals surface area contributed by atoms with Crippen LogP contribution in [0.15, 0.2) is 24.3 Å². The van der Waals surface area contributed by atoms with E-state index in [-0.39, 0.29) is 0 Å². The van der Waals surface area contributed by atoms with E-state index in [4.69, 9.17) is 10.5 Å². The normalized spacial score (nSPS) is 17.2. The van der Waals surface area contributed by atoms with E-state index in [2.05, 4.69) is 24.0 Å². The lowest BCUT2D eigenvalue weighted by Crippen LogP contribution is -2.39. The van der Waals surface area contributed by atoms with Crippen molar-refractivity contribution >= 4 is 5.69 Å². The number of nitrogens with zero attached hydrogens (tertiary/aromatic N) is 1. The van der Waals surface area contributed by atoms with Gasteiger partial charge in [0.05, 0.1) is 0 Å². The monoisotopic (exact) mass is 248 g/mol. The van der Waals surface area contributed by atoms with E-state index >= 15 is 0 Å². The molecule has 1 aromatic rings. The maximum absolute atomic E-state index is 5.85. The van der Waals surface area contributed by atoms with E-state index in [0.717, 1.165) is 44.8 Å². The molecule has 2 N–H and O–H groups in total. The number of benzene rings is 1. The van der Waals surface area contributed by atoms with Crippen LogP contribution in [0.2, 0.25) is 0 Å². The largest absolute Gasteiger partial charge is 0.399 e. The van der Waals surface area contributed by atoms with Gasteiger partial charge in [-0.3, -0.25) is 4.90 Å². The summed E-state index contributed by atoms with van der Waals surface area (Å²) in [5, 5.41) is 0. The highest BCUT2D eigenvalue weighted by atomic mass is 16.5. The number of nitrogens with two attached hydrogens (primary N) is 1. The Morgan fingerprint density at radius 2 is 2.11 bits per heavy atom. The minimum atomic E-state index is 0.667. The molecule has 1 aliphatic rings. The molecular weight excluding hydrogens is 224 g/mol. The average molecular weight is 248 g/mol. The average Bonchev–Trinajstić information content (AvgIpc) is 2.39. The molecule has 0 aromatic heterocycles. The van der Waals surface area contributed by atoms with Crippen molar-refractivity contribution in [1.82, 2.24) is 4.90 Å². The Morgan fingerprint density at radius 3 is 2.78 bits per heavy atom. The number of anilines is 1. The minimum absolute atomic E-state index is 0.667. The maximum atomic E-state index is 5.85. The van der Waals surface area contributed by atoms with Crippen LogP contribution in [0.1, 0.15) is 31.7 Å². The molecule has 0 bridgehead atoms. The molecular formula is C15H24N2O. The van der Waals surface area contributed by atoms with Crippen molar-refractivity contribution in [2.45, 2.75) is 38.8 Å². The number of rotatable bonds is 5. The van der Waals surface area contributed by atoms with Gasteiger partial charge in [0.1, 0.15) is 0 Å². The fourth-order valence-electron chi connectivity index (χ4n) is 2.65. The molecule has 1 heterocycles. The van der Waals surface area contributed by atoms with Gasteiger partial charge < -0.3 is 10.5 Å². The number of hydrogen-bond acceptors (Lipinski definition) is 3. The fraction of sp³-hybridized carbons (Fsp3) is 0.600. The van der Waals surface area contributed by atoms with E-state index < -0.39 is 0 Å². The van der Waals surface area contributed by atoms with E-state index in [9.17, 15) is 0 Å². The lowest BCUT2D eigenvalue weighted by atomic mass is 10.1. The Hall–Kier alpha value is -1.06. The second kappa shape index (κ2) is 6.76. The molecule has 0 saturated carbocycles. The summed E-state index contributed by atoms with van der Waals surface area (Å²) in [6.07, 6.45) is 3.50. The summed E-state index contributed by atoms with van der Waals surface area (Å²) in [5.41, 5.74) is 8.02. The third kappa shape index (κ3) is 3.72. The first-order valence-corrected chi connectivity index (χ1v) is 6.96. The lowest BCUT2D eigenvalue weighted by molar-refractivity contribution is 0.0309. The highest BCUT2D eigenvalue weighted by Crippen LogP contribution is 2.18. The van der Waals surface area contributed by atoms with Crippen LogP contribution in [0, 0.1) is 0 Å². The highest BCUT2D eigenvalue weighted by molar-refractivity contribution is 5.40. The zero-order valence-corrected chi connectivity index (χ0v) is 11.3. The molecule has 0 amide bonds. The number of nitrogen functional groups attached to an aromatic ring is 1. The molecule has 0 radical (unpaired) electrons. The predicted molar refractivity (Wildman–Crippen MR) is 75.4 cm³/mol. The predicted octanol–water partition coefficient (Wildman–Crippen LogP) is 2.66. The Morgan fingerprint density at radius 1 is 1.33 bits per heavy atom. The summed E-state index contributed by atoms with van der Waals surface area (Å²) >= 11 is 0. The van der Waals surface area contributed by atoms with Crippen molar-refractivity contribution in [2.24, 2.45) is 0 Å². The van der Waals surface area contributed by atoms with Gasteiger partial charge in [-0.15, -0.1) is 0 Å². The quantitative estimate of drug-likeness (QED) is 0.814. The van der Waals surface area contributed by atoms with Gasteiger partial charge >= 0.3 is 0 Å². The molecule has 3 nitrogen and oxygen atoms in total. The van der Waals surface area contributed by atoms with Crippen LogP contribution in [-0.4, -0.2) is 30.7 Å². The smallest absolute Gasteiger partial charge is 0.0480 e. The van der Waals surface area contributed by atoms with Crippen LogP contribution in [0.4, 0.5) is 5.69 Å². The third-order valence-electron chi connectivity index (χ3n) is 3.55. The van der Waals surface area contributed by atoms with E-state index in [1.807, 2.05) is 12.1 Å². The third-order valence-corrected chi connectivity index (χ3v) is 3.55.